The van der Waals surface area contributed by atoms with Crippen LogP contribution in [0.1, 0.15) is 19.5 Å². The Morgan fingerprint density at radius 1 is 1.48 bits per heavy atom. The number of aliphatic carboxylic acids is 1. The summed E-state index contributed by atoms with van der Waals surface area (Å²) >= 11 is 0. The fourth-order valence-corrected chi connectivity index (χ4v) is 5.17. The third-order valence-corrected chi connectivity index (χ3v) is 7.07. The number of rotatable bonds is 2. The summed E-state index contributed by atoms with van der Waals surface area (Å²) in [6, 6.07) is 1.66. The summed E-state index contributed by atoms with van der Waals surface area (Å²) in [7, 11) is -3.88. The summed E-state index contributed by atoms with van der Waals surface area (Å²) in [5.74, 6) is -1.95. The Balaban J connectivity index is 2.10. The van der Waals surface area contributed by atoms with Crippen molar-refractivity contribution in [2.24, 2.45) is 0 Å². The van der Waals surface area contributed by atoms with Crippen LogP contribution >= 0.6 is 0 Å². The number of fused-ring (bicyclic) bond motifs is 1. The van der Waals surface area contributed by atoms with Crippen molar-refractivity contribution < 1.29 is 23.1 Å². The van der Waals surface area contributed by atoms with Crippen LogP contribution in [0.15, 0.2) is 23.9 Å². The molecule has 2 atom stereocenters. The van der Waals surface area contributed by atoms with Crippen molar-refractivity contribution in [2.75, 3.05) is 5.73 Å². The van der Waals surface area contributed by atoms with Crippen LogP contribution in [0.3, 0.4) is 0 Å². The van der Waals surface area contributed by atoms with E-state index in [9.17, 15) is 23.1 Å². The second-order valence-corrected chi connectivity index (χ2v) is 8.66. The topological polar surface area (TPSA) is 131 Å². The number of sulfone groups is 1. The second-order valence-electron chi connectivity index (χ2n) is 6.07. The van der Waals surface area contributed by atoms with Crippen molar-refractivity contribution in [1.82, 2.24) is 9.88 Å². The van der Waals surface area contributed by atoms with E-state index in [0.29, 0.717) is 11.4 Å². The van der Waals surface area contributed by atoms with Crippen molar-refractivity contribution in [2.45, 2.75) is 30.0 Å². The molecule has 122 valence electrons. The summed E-state index contributed by atoms with van der Waals surface area (Å²) in [6.45, 7) is 2.65. The Bertz CT molecular complexity index is 859. The number of carboxylic acid groups (broad SMARTS) is 1. The highest BCUT2D eigenvalue weighted by atomic mass is 32.2. The van der Waals surface area contributed by atoms with Gasteiger partial charge in [0.25, 0.3) is 5.91 Å². The van der Waals surface area contributed by atoms with Gasteiger partial charge in [-0.25, -0.2) is 13.2 Å². The van der Waals surface area contributed by atoms with Crippen LogP contribution < -0.4 is 5.73 Å². The van der Waals surface area contributed by atoms with E-state index in [2.05, 4.69) is 4.98 Å². The number of carboxylic acids is 1. The van der Waals surface area contributed by atoms with Gasteiger partial charge in [-0.15, -0.1) is 0 Å². The molecule has 3 N–H and O–H groups in total. The van der Waals surface area contributed by atoms with Crippen molar-refractivity contribution in [1.29, 1.82) is 0 Å². The van der Waals surface area contributed by atoms with Gasteiger partial charge in [0.1, 0.15) is 4.75 Å². The molecule has 0 aromatic carbocycles. The average molecular weight is 337 g/mol. The lowest BCUT2D eigenvalue weighted by molar-refractivity contribution is -0.152. The number of amides is 1. The molecule has 9 heteroatoms. The van der Waals surface area contributed by atoms with Crippen LogP contribution in [0.4, 0.5) is 5.69 Å². The minimum Gasteiger partial charge on any atom is -0.480 e. The smallest absolute Gasteiger partial charge is 0.328 e. The largest absolute Gasteiger partial charge is 0.480 e. The normalized spacial score (nSPS) is 29.2. The van der Waals surface area contributed by atoms with Gasteiger partial charge in [-0.2, -0.15) is 0 Å². The molecule has 2 saturated heterocycles. The molecule has 0 spiro atoms. The van der Waals surface area contributed by atoms with Crippen molar-refractivity contribution in [3.63, 3.8) is 0 Å². The van der Waals surface area contributed by atoms with Gasteiger partial charge in [-0.3, -0.25) is 9.78 Å². The van der Waals surface area contributed by atoms with E-state index in [4.69, 9.17) is 5.73 Å². The molecular weight excluding hydrogens is 322 g/mol. The summed E-state index contributed by atoms with van der Waals surface area (Å²) in [5, 5.41) is 8.07. The molecule has 0 aliphatic carbocycles. The number of carbonyl (C=O) groups is 2. The molecule has 2 aliphatic heterocycles. The average Bonchev–Trinajstić information content (AvgIpc) is 2.58. The first-order valence-corrected chi connectivity index (χ1v) is 8.35. The van der Waals surface area contributed by atoms with E-state index < -0.39 is 37.9 Å². The van der Waals surface area contributed by atoms with Gasteiger partial charge in [0.05, 0.1) is 11.3 Å². The van der Waals surface area contributed by atoms with E-state index in [-0.39, 0.29) is 5.57 Å². The Morgan fingerprint density at radius 2 is 2.13 bits per heavy atom. The number of hydrogen-bond acceptors (Lipinski definition) is 6. The molecule has 0 saturated carbocycles. The maximum absolute atomic E-state index is 12.7. The summed E-state index contributed by atoms with van der Waals surface area (Å²) in [5.41, 5.74) is 6.42. The van der Waals surface area contributed by atoms with Gasteiger partial charge in [0.2, 0.25) is 0 Å². The lowest BCUT2D eigenvalue weighted by Crippen LogP contribution is -2.58. The van der Waals surface area contributed by atoms with Gasteiger partial charge < -0.3 is 15.7 Å². The molecule has 1 aromatic heterocycles. The third kappa shape index (κ3) is 1.89. The Kier molecular flexibility index (Phi) is 3.06. The summed E-state index contributed by atoms with van der Waals surface area (Å²) in [4.78, 5) is 28.7. The Morgan fingerprint density at radius 3 is 2.70 bits per heavy atom. The zero-order valence-corrected chi connectivity index (χ0v) is 13.2. The molecule has 2 aliphatic rings. The number of β-lactam (4-membered cyclic amide) rings is 1. The number of nitrogens with two attached hydrogens (primary N) is 1. The van der Waals surface area contributed by atoms with Crippen molar-refractivity contribution in [3.05, 3.63) is 29.6 Å². The van der Waals surface area contributed by atoms with Gasteiger partial charge in [0.15, 0.2) is 21.3 Å². The predicted molar refractivity (Wildman–Crippen MR) is 81.7 cm³/mol. The lowest BCUT2D eigenvalue weighted by atomic mass is 9.95. The Labute approximate surface area is 132 Å². The number of carbonyl (C=O) groups excluding carboxylic acids is 1. The highest BCUT2D eigenvalue weighted by Crippen LogP contribution is 2.48. The first kappa shape index (κ1) is 15.5. The van der Waals surface area contributed by atoms with Crippen LogP contribution in [0, 0.1) is 0 Å². The number of anilines is 1. The Hall–Kier alpha value is -2.42. The molecule has 2 fully saturated rings. The molecule has 1 unspecified atom stereocenters. The molecule has 0 bridgehead atoms. The third-order valence-electron chi connectivity index (χ3n) is 4.31. The molecule has 1 aromatic rings. The van der Waals surface area contributed by atoms with Crippen LogP contribution in [0.5, 0.6) is 0 Å². The second kappa shape index (κ2) is 4.54. The van der Waals surface area contributed by atoms with Crippen LogP contribution in [-0.4, -0.2) is 51.4 Å². The monoisotopic (exact) mass is 337 g/mol. The molecule has 8 nitrogen and oxygen atoms in total. The summed E-state index contributed by atoms with van der Waals surface area (Å²) < 4.78 is 23.8. The molecule has 23 heavy (non-hydrogen) atoms. The lowest BCUT2D eigenvalue weighted by Gasteiger charge is -2.37. The SMILES string of the molecule is CC1(C)[C@H](C(=O)O)N2C(=O)/C(=C/c3cc(N)ccn3)C2S1(=O)=O. The van der Waals surface area contributed by atoms with Crippen LogP contribution in [-0.2, 0) is 19.4 Å². The van der Waals surface area contributed by atoms with Gasteiger partial charge >= 0.3 is 5.97 Å². The number of aromatic nitrogens is 1. The number of nitrogens with zero attached hydrogens (tertiary/aromatic N) is 2. The fourth-order valence-electron chi connectivity index (χ4n) is 3.05. The summed E-state index contributed by atoms with van der Waals surface area (Å²) in [6.07, 6.45) is 2.79. The maximum atomic E-state index is 12.7. The number of hydrogen-bond donors (Lipinski definition) is 2. The predicted octanol–water partition coefficient (Wildman–Crippen LogP) is -0.124. The minimum atomic E-state index is -3.88. The van der Waals surface area contributed by atoms with Crippen LogP contribution in [0.2, 0.25) is 0 Å². The van der Waals surface area contributed by atoms with Crippen LogP contribution in [0.25, 0.3) is 6.08 Å². The molecule has 3 heterocycles. The zero-order valence-electron chi connectivity index (χ0n) is 12.4. The standard InChI is InChI=1S/C14H15N3O5S/c1-14(2)10(13(19)20)17-11(18)9(12(17)23(14,21)22)6-8-5-7(15)3-4-16-8/h3-6,10,12H,1-2H3,(H2,15,16)(H,19,20)/b9-6-/t10-,12?/m0/s1. The highest BCUT2D eigenvalue weighted by molar-refractivity contribution is 7.94. The van der Waals surface area contributed by atoms with E-state index in [0.717, 1.165) is 4.90 Å². The molecule has 0 radical (unpaired) electrons. The molecule has 3 rings (SSSR count). The first-order chi connectivity index (χ1) is 10.6. The van der Waals surface area contributed by atoms with Gasteiger partial charge in [-0.05, 0) is 32.1 Å². The molecular formula is C14H15N3O5S. The zero-order chi connectivity index (χ0) is 17.2. The highest BCUT2D eigenvalue weighted by Gasteiger charge is 2.70. The van der Waals surface area contributed by atoms with E-state index >= 15 is 0 Å². The van der Waals surface area contributed by atoms with Crippen molar-refractivity contribution in [3.8, 4) is 0 Å². The van der Waals surface area contributed by atoms with E-state index in [1.807, 2.05) is 0 Å². The molecule has 1 amide bonds. The van der Waals surface area contributed by atoms with Gasteiger partial charge in [-0.1, -0.05) is 0 Å². The fraction of sp³-hybridized carbons (Fsp3) is 0.357. The number of pyridine rings is 1. The maximum Gasteiger partial charge on any atom is 0.328 e. The minimum absolute atomic E-state index is 0.0138. The van der Waals surface area contributed by atoms with E-state index in [1.165, 1.54) is 32.2 Å². The van der Waals surface area contributed by atoms with E-state index in [1.54, 1.807) is 6.07 Å². The quantitative estimate of drug-likeness (QED) is 0.568. The van der Waals surface area contributed by atoms with Gasteiger partial charge in [0, 0.05) is 11.9 Å². The number of nitrogen functional groups attached to an aromatic ring is 1. The first-order valence-electron chi connectivity index (χ1n) is 6.81. The van der Waals surface area contributed by atoms with Crippen molar-refractivity contribution >= 4 is 33.5 Å².